The first-order valence-corrected chi connectivity index (χ1v) is 9.33. The molecule has 0 radical (unpaired) electrons. The van der Waals surface area contributed by atoms with E-state index in [4.69, 9.17) is 0 Å². The Kier molecular flexibility index (Phi) is 5.64. The maximum absolute atomic E-state index is 12.6. The summed E-state index contributed by atoms with van der Waals surface area (Å²) in [6.07, 6.45) is 0.687. The van der Waals surface area contributed by atoms with Gasteiger partial charge in [-0.25, -0.2) is 0 Å². The Balaban J connectivity index is 2.17. The minimum absolute atomic E-state index is 0.111. The number of rotatable bonds is 6. The van der Waals surface area contributed by atoms with Gasteiger partial charge in [-0.3, -0.25) is 35.1 Å². The molecule has 3 aromatic rings. The fourth-order valence-corrected chi connectivity index (χ4v) is 3.87. The number of nitro benzene ring substituents is 3. The summed E-state index contributed by atoms with van der Waals surface area (Å²) in [6.45, 7) is 2.37. The summed E-state index contributed by atoms with van der Waals surface area (Å²) in [4.78, 5) is 47.7. The maximum Gasteiger partial charge on any atom is 0.280 e. The Morgan fingerprint density at radius 3 is 2.10 bits per heavy atom. The number of non-ortho nitro benzene ring substituents is 3. The number of aromatic nitrogens is 1. The van der Waals surface area contributed by atoms with Crippen LogP contribution in [0.2, 0.25) is 0 Å². The molecule has 0 aliphatic rings. The topological polar surface area (TPSA) is 164 Å². The molecule has 0 saturated carbocycles. The Labute approximate surface area is 171 Å². The molecule has 0 aliphatic carbocycles. The average molecular weight is 431 g/mol. The normalized spacial score (nSPS) is 11.6. The van der Waals surface area contributed by atoms with Gasteiger partial charge in [0.15, 0.2) is 4.80 Å². The molecule has 13 heteroatoms. The van der Waals surface area contributed by atoms with E-state index in [9.17, 15) is 35.1 Å². The number of amides is 1. The van der Waals surface area contributed by atoms with Crippen LogP contribution in [0.25, 0.3) is 10.2 Å². The van der Waals surface area contributed by atoms with Gasteiger partial charge in [0.05, 0.1) is 36.6 Å². The highest BCUT2D eigenvalue weighted by Gasteiger charge is 2.20. The third kappa shape index (κ3) is 4.05. The summed E-state index contributed by atoms with van der Waals surface area (Å²) < 4.78 is 2.24. The summed E-state index contributed by atoms with van der Waals surface area (Å²) in [5, 5.41) is 33.1. The first kappa shape index (κ1) is 20.7. The Hall–Kier alpha value is -4.00. The van der Waals surface area contributed by atoms with Crippen LogP contribution in [-0.2, 0) is 6.54 Å². The van der Waals surface area contributed by atoms with Crippen LogP contribution in [-0.4, -0.2) is 25.2 Å². The molecule has 3 rings (SSSR count). The number of hydrogen-bond acceptors (Lipinski definition) is 8. The van der Waals surface area contributed by atoms with E-state index >= 15 is 0 Å². The number of hydrogen-bond donors (Lipinski definition) is 0. The van der Waals surface area contributed by atoms with E-state index in [1.54, 1.807) is 10.6 Å². The third-order valence-electron chi connectivity index (χ3n) is 4.09. The number of carbonyl (C=O) groups excluding carboxylic acids is 1. The molecule has 0 N–H and O–H groups in total. The number of carbonyl (C=O) groups is 1. The Morgan fingerprint density at radius 2 is 1.57 bits per heavy atom. The van der Waals surface area contributed by atoms with Crippen LogP contribution in [0, 0.1) is 30.3 Å². The van der Waals surface area contributed by atoms with Gasteiger partial charge < -0.3 is 4.57 Å². The average Bonchev–Trinajstić information content (AvgIpc) is 3.04. The molecule has 0 aliphatic heterocycles. The molecule has 1 amide bonds. The van der Waals surface area contributed by atoms with Gasteiger partial charge in [0.2, 0.25) is 0 Å². The van der Waals surface area contributed by atoms with Gasteiger partial charge in [-0.1, -0.05) is 18.3 Å². The van der Waals surface area contributed by atoms with Crippen molar-refractivity contribution in [2.24, 2.45) is 4.99 Å². The Morgan fingerprint density at radius 1 is 0.967 bits per heavy atom. The highest BCUT2D eigenvalue weighted by Crippen LogP contribution is 2.25. The molecule has 0 atom stereocenters. The summed E-state index contributed by atoms with van der Waals surface area (Å²) in [6, 6.07) is 6.86. The van der Waals surface area contributed by atoms with Crippen LogP contribution in [0.4, 0.5) is 17.1 Å². The van der Waals surface area contributed by atoms with E-state index in [1.165, 1.54) is 12.1 Å². The van der Waals surface area contributed by atoms with E-state index in [0.29, 0.717) is 23.2 Å². The van der Waals surface area contributed by atoms with E-state index in [0.717, 1.165) is 29.5 Å². The standard InChI is InChI=1S/C17H13N5O7S/c1-2-5-19-14-4-3-11(20(24)25)9-15(14)30-17(19)18-16(23)10-6-12(21(26)27)8-13(7-10)22(28)29/h3-4,6-9H,2,5H2,1H3. The molecule has 0 saturated heterocycles. The van der Waals surface area contributed by atoms with Gasteiger partial charge in [-0.15, -0.1) is 0 Å². The molecular formula is C17H13N5O7S. The molecule has 0 unspecified atom stereocenters. The molecule has 30 heavy (non-hydrogen) atoms. The van der Waals surface area contributed by atoms with Crippen LogP contribution in [0.1, 0.15) is 23.7 Å². The van der Waals surface area contributed by atoms with Crippen molar-refractivity contribution in [3.63, 3.8) is 0 Å². The van der Waals surface area contributed by atoms with Crippen LogP contribution >= 0.6 is 11.3 Å². The van der Waals surface area contributed by atoms with Crippen LogP contribution in [0.3, 0.4) is 0 Å². The predicted molar refractivity (Wildman–Crippen MR) is 106 cm³/mol. The van der Waals surface area contributed by atoms with Crippen molar-refractivity contribution in [2.75, 3.05) is 0 Å². The predicted octanol–water partition coefficient (Wildman–Crippen LogP) is 3.58. The smallest absolute Gasteiger partial charge is 0.280 e. The number of nitrogens with zero attached hydrogens (tertiary/aromatic N) is 5. The molecular weight excluding hydrogens is 418 g/mol. The SMILES string of the molecule is CCCn1c(=NC(=O)c2cc([N+](=O)[O-])cc([N+](=O)[O-])c2)sc2cc([N+](=O)[O-])ccc21. The molecule has 154 valence electrons. The number of nitro groups is 3. The van der Waals surface area contributed by atoms with Gasteiger partial charge in [0, 0.05) is 30.8 Å². The molecule has 0 bridgehead atoms. The summed E-state index contributed by atoms with van der Waals surface area (Å²) >= 11 is 1.04. The van der Waals surface area contributed by atoms with E-state index < -0.39 is 32.1 Å². The molecule has 2 aromatic carbocycles. The molecule has 12 nitrogen and oxygen atoms in total. The van der Waals surface area contributed by atoms with Gasteiger partial charge in [0.1, 0.15) is 0 Å². The lowest BCUT2D eigenvalue weighted by atomic mass is 10.1. The highest BCUT2D eigenvalue weighted by atomic mass is 32.1. The number of thiazole rings is 1. The van der Waals surface area contributed by atoms with Gasteiger partial charge in [0.25, 0.3) is 23.0 Å². The number of aryl methyl sites for hydroxylation is 1. The largest absolute Gasteiger partial charge is 0.316 e. The van der Waals surface area contributed by atoms with Crippen molar-refractivity contribution in [3.8, 4) is 0 Å². The zero-order valence-corrected chi connectivity index (χ0v) is 16.2. The molecule has 0 spiro atoms. The molecule has 0 fully saturated rings. The van der Waals surface area contributed by atoms with E-state index in [1.807, 2.05) is 6.92 Å². The fraction of sp³-hybridized carbons (Fsp3) is 0.176. The van der Waals surface area contributed by atoms with Crippen LogP contribution < -0.4 is 4.80 Å². The molecule has 1 aromatic heterocycles. The fourth-order valence-electron chi connectivity index (χ4n) is 2.78. The first-order valence-electron chi connectivity index (χ1n) is 8.52. The van der Waals surface area contributed by atoms with Crippen molar-refractivity contribution in [2.45, 2.75) is 19.9 Å². The lowest BCUT2D eigenvalue weighted by Crippen LogP contribution is -2.17. The minimum Gasteiger partial charge on any atom is -0.316 e. The zero-order valence-electron chi connectivity index (χ0n) is 15.4. The monoisotopic (exact) mass is 431 g/mol. The van der Waals surface area contributed by atoms with Gasteiger partial charge >= 0.3 is 0 Å². The maximum atomic E-state index is 12.6. The van der Waals surface area contributed by atoms with Crippen LogP contribution in [0.15, 0.2) is 41.4 Å². The lowest BCUT2D eigenvalue weighted by molar-refractivity contribution is -0.394. The second-order valence-corrected chi connectivity index (χ2v) is 7.12. The summed E-state index contributed by atoms with van der Waals surface area (Å²) in [5.41, 5.74) is -0.974. The van der Waals surface area contributed by atoms with Crippen molar-refractivity contribution >= 4 is 44.5 Å². The zero-order chi connectivity index (χ0) is 22.0. The van der Waals surface area contributed by atoms with Gasteiger partial charge in [-0.05, 0) is 12.5 Å². The molecule has 1 heterocycles. The summed E-state index contributed by atoms with van der Waals surface area (Å²) in [7, 11) is 0. The van der Waals surface area contributed by atoms with Gasteiger partial charge in [-0.2, -0.15) is 4.99 Å². The highest BCUT2D eigenvalue weighted by molar-refractivity contribution is 7.16. The quantitative estimate of drug-likeness (QED) is 0.425. The second kappa shape index (κ2) is 8.16. The van der Waals surface area contributed by atoms with E-state index in [-0.39, 0.29) is 16.1 Å². The van der Waals surface area contributed by atoms with E-state index in [2.05, 4.69) is 4.99 Å². The number of fused-ring (bicyclic) bond motifs is 1. The Bertz CT molecular complexity index is 1240. The third-order valence-corrected chi connectivity index (χ3v) is 5.13. The number of benzene rings is 2. The van der Waals surface area contributed by atoms with Crippen molar-refractivity contribution < 1.29 is 19.6 Å². The van der Waals surface area contributed by atoms with Crippen LogP contribution in [0.5, 0.6) is 0 Å². The van der Waals surface area contributed by atoms with Crippen molar-refractivity contribution in [1.29, 1.82) is 0 Å². The van der Waals surface area contributed by atoms with Crippen molar-refractivity contribution in [1.82, 2.24) is 4.57 Å². The second-order valence-electron chi connectivity index (χ2n) is 6.11. The van der Waals surface area contributed by atoms with Crippen molar-refractivity contribution in [3.05, 3.63) is 77.1 Å². The first-order chi connectivity index (χ1) is 14.2. The lowest BCUT2D eigenvalue weighted by Gasteiger charge is -2.02. The summed E-state index contributed by atoms with van der Waals surface area (Å²) in [5.74, 6) is -0.896. The minimum atomic E-state index is -0.896.